The van der Waals surface area contributed by atoms with Gasteiger partial charge in [-0.3, -0.25) is 0 Å². The van der Waals surface area contributed by atoms with Crippen LogP contribution < -0.4 is 10.5 Å². The van der Waals surface area contributed by atoms with Crippen molar-refractivity contribution in [1.82, 2.24) is 0 Å². The van der Waals surface area contributed by atoms with E-state index in [4.69, 9.17) is 10.5 Å². The third kappa shape index (κ3) is 6.80. The van der Waals surface area contributed by atoms with Crippen LogP contribution in [0.2, 0.25) is 0 Å². The lowest BCUT2D eigenvalue weighted by molar-refractivity contribution is 0.311. The van der Waals surface area contributed by atoms with Gasteiger partial charge in [0.2, 0.25) is 0 Å². The molecule has 0 fully saturated rings. The molecule has 6 heteroatoms. The Morgan fingerprint density at radius 2 is 2.05 bits per heavy atom. The summed E-state index contributed by atoms with van der Waals surface area (Å²) in [5.74, 6) is 0.974. The molecule has 1 rings (SSSR count). The Morgan fingerprint density at radius 3 is 2.62 bits per heavy atom. The van der Waals surface area contributed by atoms with Crippen LogP contribution in [0, 0.1) is 6.92 Å². The Hall–Kier alpha value is -0.590. The van der Waals surface area contributed by atoms with Crippen molar-refractivity contribution in [3.8, 4) is 5.75 Å². The maximum absolute atomic E-state index is 11.1. The lowest BCUT2D eigenvalue weighted by Gasteiger charge is -2.17. The first-order valence-corrected chi connectivity index (χ1v) is 9.93. The predicted octanol–water partition coefficient (Wildman–Crippen LogP) is 2.85. The molecular formula is C15H24BrNO3S. The highest BCUT2D eigenvalue weighted by Gasteiger charge is 2.12. The smallest absolute Gasteiger partial charge is 0.147 e. The van der Waals surface area contributed by atoms with Crippen molar-refractivity contribution < 1.29 is 13.2 Å². The van der Waals surface area contributed by atoms with Gasteiger partial charge < -0.3 is 10.5 Å². The molecule has 0 aliphatic carbocycles. The lowest BCUT2D eigenvalue weighted by atomic mass is 10.0. The summed E-state index contributed by atoms with van der Waals surface area (Å²) < 4.78 is 29.1. The first-order chi connectivity index (χ1) is 9.73. The van der Waals surface area contributed by atoms with Crippen molar-refractivity contribution in [2.75, 3.05) is 18.6 Å². The molecule has 4 nitrogen and oxygen atoms in total. The van der Waals surface area contributed by atoms with Crippen molar-refractivity contribution in [1.29, 1.82) is 0 Å². The first-order valence-electron chi connectivity index (χ1n) is 7.08. The Morgan fingerprint density at radius 1 is 1.38 bits per heavy atom. The van der Waals surface area contributed by atoms with E-state index in [-0.39, 0.29) is 11.8 Å². The minimum atomic E-state index is -2.94. The summed E-state index contributed by atoms with van der Waals surface area (Å²) in [6.07, 6.45) is 3.38. The van der Waals surface area contributed by atoms with E-state index in [1.807, 2.05) is 19.1 Å². The minimum Gasteiger partial charge on any atom is -0.493 e. The number of hydrogen-bond donors (Lipinski definition) is 1. The van der Waals surface area contributed by atoms with Gasteiger partial charge >= 0.3 is 0 Å². The van der Waals surface area contributed by atoms with E-state index in [0.717, 1.165) is 34.2 Å². The molecule has 1 unspecified atom stereocenters. The number of halogens is 1. The molecular weight excluding hydrogens is 354 g/mol. The molecule has 0 spiro atoms. The quantitative estimate of drug-likeness (QED) is 0.707. The molecule has 21 heavy (non-hydrogen) atoms. The number of ether oxygens (including phenoxy) is 1. The molecule has 0 aliphatic rings. The highest BCUT2D eigenvalue weighted by Crippen LogP contribution is 2.29. The molecule has 120 valence electrons. The van der Waals surface area contributed by atoms with Crippen LogP contribution in [0.5, 0.6) is 5.75 Å². The number of nitrogens with two attached hydrogens (primary N) is 1. The van der Waals surface area contributed by atoms with E-state index in [1.54, 1.807) is 0 Å². The van der Waals surface area contributed by atoms with E-state index in [2.05, 4.69) is 22.9 Å². The summed E-state index contributed by atoms with van der Waals surface area (Å²) in [5, 5.41) is 0. The van der Waals surface area contributed by atoms with Crippen LogP contribution >= 0.6 is 15.9 Å². The van der Waals surface area contributed by atoms with Crippen LogP contribution in [0.25, 0.3) is 0 Å². The van der Waals surface area contributed by atoms with E-state index < -0.39 is 9.84 Å². The third-order valence-electron chi connectivity index (χ3n) is 3.23. The summed E-state index contributed by atoms with van der Waals surface area (Å²) >= 11 is 3.49. The molecule has 0 amide bonds. The Labute approximate surface area is 136 Å². The number of aryl methyl sites for hydroxylation is 1. The average molecular weight is 378 g/mol. The zero-order valence-corrected chi connectivity index (χ0v) is 15.3. The first kappa shape index (κ1) is 18.5. The largest absolute Gasteiger partial charge is 0.493 e. The van der Waals surface area contributed by atoms with Crippen LogP contribution in [0.3, 0.4) is 0 Å². The summed E-state index contributed by atoms with van der Waals surface area (Å²) in [4.78, 5) is 0. The van der Waals surface area contributed by atoms with Crippen LogP contribution in [-0.2, 0) is 16.3 Å². The van der Waals surface area contributed by atoms with Crippen molar-refractivity contribution in [3.63, 3.8) is 0 Å². The molecule has 0 heterocycles. The van der Waals surface area contributed by atoms with Gasteiger partial charge in [0, 0.05) is 16.8 Å². The molecule has 0 saturated carbocycles. The predicted molar refractivity (Wildman–Crippen MR) is 90.7 cm³/mol. The van der Waals surface area contributed by atoms with Crippen LogP contribution in [-0.4, -0.2) is 33.1 Å². The van der Waals surface area contributed by atoms with Gasteiger partial charge in [0.05, 0.1) is 12.4 Å². The summed E-state index contributed by atoms with van der Waals surface area (Å²) in [6, 6.07) is 4.11. The number of sulfone groups is 1. The molecule has 0 aromatic heterocycles. The van der Waals surface area contributed by atoms with Gasteiger partial charge in [-0.25, -0.2) is 8.42 Å². The standard InChI is InChI=1S/C15H24BrNO3S/c1-4-14(17)10-12-9-13(16)8-11(2)15(12)20-6-5-7-21(3,18)19/h8-9,14H,4-7,10,17H2,1-3H3. The van der Waals surface area contributed by atoms with E-state index in [1.165, 1.54) is 6.26 Å². The van der Waals surface area contributed by atoms with Crippen molar-refractivity contribution in [3.05, 3.63) is 27.7 Å². The van der Waals surface area contributed by atoms with Gasteiger partial charge in [0.1, 0.15) is 15.6 Å². The highest BCUT2D eigenvalue weighted by atomic mass is 79.9. The fraction of sp³-hybridized carbons (Fsp3) is 0.600. The third-order valence-corrected chi connectivity index (χ3v) is 4.72. The average Bonchev–Trinajstić information content (AvgIpc) is 2.35. The zero-order chi connectivity index (χ0) is 16.0. The van der Waals surface area contributed by atoms with Gasteiger partial charge in [-0.1, -0.05) is 22.9 Å². The summed E-state index contributed by atoms with van der Waals surface area (Å²) in [6.45, 7) is 4.43. The molecule has 1 aromatic carbocycles. The maximum atomic E-state index is 11.1. The fourth-order valence-electron chi connectivity index (χ4n) is 2.08. The highest BCUT2D eigenvalue weighted by molar-refractivity contribution is 9.10. The Kier molecular flexibility index (Phi) is 7.16. The van der Waals surface area contributed by atoms with Crippen molar-refractivity contribution in [2.45, 2.75) is 39.2 Å². The zero-order valence-electron chi connectivity index (χ0n) is 12.9. The van der Waals surface area contributed by atoms with Gasteiger partial charge in [-0.2, -0.15) is 0 Å². The van der Waals surface area contributed by atoms with E-state index >= 15 is 0 Å². The summed E-state index contributed by atoms with van der Waals surface area (Å²) in [7, 11) is -2.94. The normalized spacial score (nSPS) is 13.2. The molecule has 0 bridgehead atoms. The number of rotatable bonds is 8. The molecule has 0 aliphatic heterocycles. The van der Waals surface area contributed by atoms with Crippen molar-refractivity contribution >= 4 is 25.8 Å². The van der Waals surface area contributed by atoms with Crippen LogP contribution in [0.15, 0.2) is 16.6 Å². The van der Waals surface area contributed by atoms with Crippen molar-refractivity contribution in [2.24, 2.45) is 5.73 Å². The molecule has 1 atom stereocenters. The fourth-order valence-corrected chi connectivity index (χ4v) is 3.34. The second-order valence-electron chi connectivity index (χ2n) is 5.42. The topological polar surface area (TPSA) is 69.4 Å². The summed E-state index contributed by atoms with van der Waals surface area (Å²) in [5.41, 5.74) is 8.13. The molecule has 1 aromatic rings. The van der Waals surface area contributed by atoms with Gasteiger partial charge in [0.25, 0.3) is 0 Å². The second kappa shape index (κ2) is 8.15. The maximum Gasteiger partial charge on any atom is 0.147 e. The van der Waals surface area contributed by atoms with Crippen LogP contribution in [0.1, 0.15) is 30.9 Å². The van der Waals surface area contributed by atoms with Crippen LogP contribution in [0.4, 0.5) is 0 Å². The number of benzene rings is 1. The monoisotopic (exact) mass is 377 g/mol. The Balaban J connectivity index is 2.79. The molecule has 0 saturated heterocycles. The molecule has 0 radical (unpaired) electrons. The van der Waals surface area contributed by atoms with Gasteiger partial charge in [-0.15, -0.1) is 0 Å². The van der Waals surface area contributed by atoms with E-state index in [0.29, 0.717) is 13.0 Å². The van der Waals surface area contributed by atoms with E-state index in [9.17, 15) is 8.42 Å². The SMILES string of the molecule is CCC(N)Cc1cc(Br)cc(C)c1OCCCS(C)(=O)=O. The molecule has 2 N–H and O–H groups in total. The second-order valence-corrected chi connectivity index (χ2v) is 8.59. The number of hydrogen-bond acceptors (Lipinski definition) is 4. The Bertz CT molecular complexity index is 573. The van der Waals surface area contributed by atoms with Gasteiger partial charge in [-0.05, 0) is 49.4 Å². The van der Waals surface area contributed by atoms with Gasteiger partial charge in [0.15, 0.2) is 0 Å². The minimum absolute atomic E-state index is 0.0945. The lowest BCUT2D eigenvalue weighted by Crippen LogP contribution is -2.22.